The summed E-state index contributed by atoms with van der Waals surface area (Å²) in [6, 6.07) is 4.30. The van der Waals surface area contributed by atoms with Crippen molar-refractivity contribution in [1.29, 1.82) is 0 Å². The molecule has 0 saturated carbocycles. The minimum atomic E-state index is 0.438. The van der Waals surface area contributed by atoms with E-state index in [0.717, 1.165) is 11.5 Å². The van der Waals surface area contributed by atoms with Crippen LogP contribution in [-0.4, -0.2) is 13.2 Å². The monoisotopic (exact) mass is 282 g/mol. The third kappa shape index (κ3) is 1.37. The highest BCUT2D eigenvalue weighted by Crippen LogP contribution is 2.52. The summed E-state index contributed by atoms with van der Waals surface area (Å²) in [6.45, 7) is 5.88. The Labute approximate surface area is 104 Å². The zero-order valence-corrected chi connectivity index (χ0v) is 11.1. The maximum Gasteiger partial charge on any atom is 0.161 e. The third-order valence-electron chi connectivity index (χ3n) is 3.79. The summed E-state index contributed by atoms with van der Waals surface area (Å²) in [5.41, 5.74) is 2.77. The number of benzene rings is 1. The largest absolute Gasteiger partial charge is 0.486 e. The quantitative estimate of drug-likeness (QED) is 0.677. The van der Waals surface area contributed by atoms with E-state index in [-0.39, 0.29) is 0 Å². The molecule has 1 heterocycles. The van der Waals surface area contributed by atoms with Gasteiger partial charge in [-0.2, -0.15) is 0 Å². The summed E-state index contributed by atoms with van der Waals surface area (Å²) < 4.78 is 11.2. The van der Waals surface area contributed by atoms with Crippen molar-refractivity contribution in [1.82, 2.24) is 0 Å². The SMILES string of the molecule is CC1c2cc3c(cc2C(Br)C1C)OCCO3. The molecule has 0 saturated heterocycles. The molecule has 3 heteroatoms. The number of hydrogen-bond donors (Lipinski definition) is 0. The van der Waals surface area contributed by atoms with Gasteiger partial charge >= 0.3 is 0 Å². The van der Waals surface area contributed by atoms with Crippen LogP contribution < -0.4 is 9.47 Å². The maximum absolute atomic E-state index is 5.63. The first-order valence-corrected chi connectivity index (χ1v) is 6.67. The molecule has 2 aliphatic rings. The first kappa shape index (κ1) is 10.5. The van der Waals surface area contributed by atoms with Crippen molar-refractivity contribution in [2.75, 3.05) is 13.2 Å². The molecule has 0 fully saturated rings. The molecule has 3 atom stereocenters. The van der Waals surface area contributed by atoms with Crippen molar-refractivity contribution >= 4 is 15.9 Å². The van der Waals surface area contributed by atoms with Gasteiger partial charge in [0.15, 0.2) is 11.5 Å². The molecule has 0 aromatic heterocycles. The fourth-order valence-electron chi connectivity index (χ4n) is 2.57. The van der Waals surface area contributed by atoms with Crippen molar-refractivity contribution < 1.29 is 9.47 Å². The van der Waals surface area contributed by atoms with E-state index in [9.17, 15) is 0 Å². The van der Waals surface area contributed by atoms with E-state index in [1.165, 1.54) is 11.1 Å². The summed E-state index contributed by atoms with van der Waals surface area (Å²) in [5, 5.41) is 0. The second-order valence-corrected chi connectivity index (χ2v) is 5.66. The number of alkyl halides is 1. The van der Waals surface area contributed by atoms with E-state index in [4.69, 9.17) is 9.47 Å². The van der Waals surface area contributed by atoms with E-state index >= 15 is 0 Å². The lowest BCUT2D eigenvalue weighted by atomic mass is 9.96. The lowest BCUT2D eigenvalue weighted by Crippen LogP contribution is -2.15. The Balaban J connectivity index is 2.12. The summed E-state index contributed by atoms with van der Waals surface area (Å²) in [4.78, 5) is 0.438. The fraction of sp³-hybridized carbons (Fsp3) is 0.538. The third-order valence-corrected chi connectivity index (χ3v) is 5.11. The van der Waals surface area contributed by atoms with Crippen LogP contribution in [0.5, 0.6) is 11.5 Å². The van der Waals surface area contributed by atoms with Crippen molar-refractivity contribution in [3.8, 4) is 11.5 Å². The van der Waals surface area contributed by atoms with Gasteiger partial charge in [0.2, 0.25) is 0 Å². The van der Waals surface area contributed by atoms with Gasteiger partial charge in [0, 0.05) is 4.83 Å². The summed E-state index contributed by atoms with van der Waals surface area (Å²) in [7, 11) is 0. The molecule has 0 N–H and O–H groups in total. The average molecular weight is 283 g/mol. The van der Waals surface area contributed by atoms with Gasteiger partial charge in [0.1, 0.15) is 13.2 Å². The van der Waals surface area contributed by atoms with Crippen molar-refractivity contribution in [2.24, 2.45) is 5.92 Å². The minimum Gasteiger partial charge on any atom is -0.486 e. The van der Waals surface area contributed by atoms with Crippen LogP contribution in [0.2, 0.25) is 0 Å². The summed E-state index contributed by atoms with van der Waals surface area (Å²) >= 11 is 3.77. The number of fused-ring (bicyclic) bond motifs is 2. The van der Waals surface area contributed by atoms with Gasteiger partial charge in [0.25, 0.3) is 0 Å². The van der Waals surface area contributed by atoms with Crippen LogP contribution in [0.15, 0.2) is 12.1 Å². The molecule has 2 nitrogen and oxygen atoms in total. The van der Waals surface area contributed by atoms with Crippen molar-refractivity contribution in [3.05, 3.63) is 23.3 Å². The molecule has 16 heavy (non-hydrogen) atoms. The highest BCUT2D eigenvalue weighted by molar-refractivity contribution is 9.09. The van der Waals surface area contributed by atoms with E-state index < -0.39 is 0 Å². The number of hydrogen-bond acceptors (Lipinski definition) is 2. The number of halogens is 1. The molecule has 0 radical (unpaired) electrons. The Morgan fingerprint density at radius 1 is 1.06 bits per heavy atom. The van der Waals surface area contributed by atoms with E-state index in [0.29, 0.717) is 29.9 Å². The molecule has 1 aromatic rings. The van der Waals surface area contributed by atoms with Crippen LogP contribution in [0.3, 0.4) is 0 Å². The Morgan fingerprint density at radius 3 is 2.25 bits per heavy atom. The van der Waals surface area contributed by atoms with Gasteiger partial charge in [-0.25, -0.2) is 0 Å². The van der Waals surface area contributed by atoms with Gasteiger partial charge < -0.3 is 9.47 Å². The molecule has 1 aliphatic carbocycles. The molecule has 86 valence electrons. The minimum absolute atomic E-state index is 0.438. The molecule has 0 amide bonds. The zero-order chi connectivity index (χ0) is 11.3. The lowest BCUT2D eigenvalue weighted by molar-refractivity contribution is 0.171. The second kappa shape index (κ2) is 3.66. The smallest absolute Gasteiger partial charge is 0.161 e. The second-order valence-electron chi connectivity index (χ2n) is 4.67. The molecular weight excluding hydrogens is 268 g/mol. The first-order valence-electron chi connectivity index (χ1n) is 5.76. The topological polar surface area (TPSA) is 18.5 Å². The van der Waals surface area contributed by atoms with Crippen LogP contribution in [0.4, 0.5) is 0 Å². The Kier molecular flexibility index (Phi) is 2.39. The standard InChI is InChI=1S/C13H15BrO2/c1-7-8(2)13(14)10-6-12-11(5-9(7)10)15-3-4-16-12/h5-8,13H,3-4H2,1-2H3. The predicted octanol–water partition coefficient (Wildman–Crippen LogP) is 3.65. The first-order chi connectivity index (χ1) is 7.68. The van der Waals surface area contributed by atoms with Crippen LogP contribution in [0.1, 0.15) is 35.7 Å². The highest BCUT2D eigenvalue weighted by Gasteiger charge is 2.35. The van der Waals surface area contributed by atoms with Gasteiger partial charge in [-0.3, -0.25) is 0 Å². The maximum atomic E-state index is 5.63. The van der Waals surface area contributed by atoms with E-state index in [2.05, 4.69) is 41.9 Å². The van der Waals surface area contributed by atoms with Gasteiger partial charge in [-0.15, -0.1) is 0 Å². The van der Waals surface area contributed by atoms with Gasteiger partial charge in [-0.05, 0) is 35.1 Å². The Hall–Kier alpha value is -0.700. The molecule has 0 spiro atoms. The van der Waals surface area contributed by atoms with Gasteiger partial charge in [0.05, 0.1) is 0 Å². The van der Waals surface area contributed by atoms with E-state index in [1.807, 2.05) is 0 Å². The molecule has 1 aromatic carbocycles. The normalized spacial score (nSPS) is 31.3. The highest BCUT2D eigenvalue weighted by atomic mass is 79.9. The lowest BCUT2D eigenvalue weighted by Gasteiger charge is -2.20. The van der Waals surface area contributed by atoms with Crippen LogP contribution in [0.25, 0.3) is 0 Å². The van der Waals surface area contributed by atoms with Crippen molar-refractivity contribution in [2.45, 2.75) is 24.6 Å². The zero-order valence-electron chi connectivity index (χ0n) is 9.50. The molecule has 3 unspecified atom stereocenters. The van der Waals surface area contributed by atoms with Crippen LogP contribution >= 0.6 is 15.9 Å². The fourth-order valence-corrected chi connectivity index (χ4v) is 3.43. The predicted molar refractivity (Wildman–Crippen MR) is 66.7 cm³/mol. The number of ether oxygens (including phenoxy) is 2. The molecule has 1 aliphatic heterocycles. The average Bonchev–Trinajstić information content (AvgIpc) is 2.52. The molecule has 0 bridgehead atoms. The summed E-state index contributed by atoms with van der Waals surface area (Å²) in [5.74, 6) is 3.01. The Morgan fingerprint density at radius 2 is 1.62 bits per heavy atom. The molecule has 3 rings (SSSR count). The van der Waals surface area contributed by atoms with Gasteiger partial charge in [-0.1, -0.05) is 29.8 Å². The van der Waals surface area contributed by atoms with Crippen molar-refractivity contribution in [3.63, 3.8) is 0 Å². The van der Waals surface area contributed by atoms with Crippen LogP contribution in [-0.2, 0) is 0 Å². The summed E-state index contributed by atoms with van der Waals surface area (Å²) in [6.07, 6.45) is 0. The Bertz CT molecular complexity index is 391. The van der Waals surface area contributed by atoms with E-state index in [1.54, 1.807) is 0 Å². The molecular formula is C13H15BrO2. The van der Waals surface area contributed by atoms with Crippen LogP contribution in [0, 0.1) is 5.92 Å². The number of rotatable bonds is 0.